The molecular formula is C13H18N2. The van der Waals surface area contributed by atoms with Crippen LogP contribution in [0.1, 0.15) is 27.2 Å². The van der Waals surface area contributed by atoms with Crippen LogP contribution in [0, 0.1) is 0 Å². The Morgan fingerprint density at radius 2 is 1.93 bits per heavy atom. The maximum atomic E-state index is 4.21. The third-order valence-electron chi connectivity index (χ3n) is 1.84. The van der Waals surface area contributed by atoms with Crippen molar-refractivity contribution in [3.05, 3.63) is 37.0 Å². The summed E-state index contributed by atoms with van der Waals surface area (Å²) in [5.74, 6) is 0. The Balaban J connectivity index is 0.000000337. The van der Waals surface area contributed by atoms with E-state index in [9.17, 15) is 0 Å². The first kappa shape index (κ1) is 11.5. The van der Waals surface area contributed by atoms with Crippen molar-refractivity contribution in [3.8, 4) is 0 Å². The third kappa shape index (κ3) is 2.69. The summed E-state index contributed by atoms with van der Waals surface area (Å²) in [4.78, 5) is 0. The highest BCUT2D eigenvalue weighted by Crippen LogP contribution is 2.15. The Morgan fingerprint density at radius 1 is 1.33 bits per heavy atom. The van der Waals surface area contributed by atoms with Gasteiger partial charge in [-0.3, -0.25) is 0 Å². The zero-order valence-electron chi connectivity index (χ0n) is 9.70. The molecule has 2 nitrogen and oxygen atoms in total. The molecule has 0 radical (unpaired) electrons. The highest BCUT2D eigenvalue weighted by atomic mass is 15.3. The zero-order chi connectivity index (χ0) is 11.3. The molecule has 0 amide bonds. The van der Waals surface area contributed by atoms with Gasteiger partial charge < -0.3 is 0 Å². The van der Waals surface area contributed by atoms with Crippen LogP contribution >= 0.6 is 0 Å². The van der Waals surface area contributed by atoms with Gasteiger partial charge in [0.05, 0.1) is 11.7 Å². The number of hydrogen-bond acceptors (Lipinski definition) is 1. The summed E-state index contributed by atoms with van der Waals surface area (Å²) in [7, 11) is 0. The van der Waals surface area contributed by atoms with Crippen molar-refractivity contribution >= 4 is 16.6 Å². The van der Waals surface area contributed by atoms with Gasteiger partial charge in [0.2, 0.25) is 0 Å². The highest BCUT2D eigenvalue weighted by Gasteiger charge is 1.99. The fourth-order valence-electron chi connectivity index (χ4n) is 1.28. The van der Waals surface area contributed by atoms with Crippen LogP contribution in [0.15, 0.2) is 37.0 Å². The van der Waals surface area contributed by atoms with E-state index >= 15 is 0 Å². The van der Waals surface area contributed by atoms with Gasteiger partial charge in [0.15, 0.2) is 0 Å². The molecule has 1 heterocycles. The fourth-order valence-corrected chi connectivity index (χ4v) is 1.28. The third-order valence-corrected chi connectivity index (χ3v) is 1.84. The minimum atomic E-state index is 0.941. The van der Waals surface area contributed by atoms with Crippen molar-refractivity contribution < 1.29 is 0 Å². The number of para-hydroxylation sites is 1. The second-order valence-electron chi connectivity index (χ2n) is 3.56. The van der Waals surface area contributed by atoms with E-state index in [0.29, 0.717) is 0 Å². The molecule has 0 fully saturated rings. The summed E-state index contributed by atoms with van der Waals surface area (Å²) in [5, 5.41) is 5.37. The molecule has 0 atom stereocenters. The standard InChI is InChI=1S/C10H10N2.C3H8/c1-8(2)12-10-6-4-3-5-9(10)7-11-12;1-3-2/h3-7H,1H2,2H3;3H2,1-2H3. The monoisotopic (exact) mass is 202 g/mol. The molecule has 0 N–H and O–H groups in total. The van der Waals surface area contributed by atoms with Crippen LogP contribution in [0.4, 0.5) is 0 Å². The van der Waals surface area contributed by atoms with Crippen LogP contribution in [0.5, 0.6) is 0 Å². The van der Waals surface area contributed by atoms with Crippen LogP contribution < -0.4 is 0 Å². The Labute approximate surface area is 91.2 Å². The molecule has 1 aromatic heterocycles. The summed E-state index contributed by atoms with van der Waals surface area (Å²) >= 11 is 0. The van der Waals surface area contributed by atoms with Crippen LogP contribution in [0.3, 0.4) is 0 Å². The van der Waals surface area contributed by atoms with Crippen LogP contribution in [-0.2, 0) is 0 Å². The molecule has 2 aromatic rings. The maximum absolute atomic E-state index is 4.21. The normalized spacial score (nSPS) is 9.53. The fraction of sp³-hybridized carbons (Fsp3) is 0.308. The van der Waals surface area contributed by atoms with Crippen molar-refractivity contribution in [2.75, 3.05) is 0 Å². The Morgan fingerprint density at radius 3 is 2.53 bits per heavy atom. The van der Waals surface area contributed by atoms with Crippen LogP contribution in [0.2, 0.25) is 0 Å². The first-order chi connectivity index (χ1) is 7.20. The molecule has 1 aromatic carbocycles. The van der Waals surface area contributed by atoms with Crippen molar-refractivity contribution in [2.45, 2.75) is 27.2 Å². The van der Waals surface area contributed by atoms with Gasteiger partial charge in [-0.25, -0.2) is 4.68 Å². The lowest BCUT2D eigenvalue weighted by Gasteiger charge is -1.99. The lowest BCUT2D eigenvalue weighted by atomic mass is 10.2. The zero-order valence-corrected chi connectivity index (χ0v) is 9.70. The first-order valence-corrected chi connectivity index (χ1v) is 5.29. The highest BCUT2D eigenvalue weighted by molar-refractivity contribution is 5.81. The molecular weight excluding hydrogens is 184 g/mol. The average molecular weight is 202 g/mol. The van der Waals surface area contributed by atoms with Crippen LogP contribution in [0.25, 0.3) is 16.6 Å². The Bertz CT molecular complexity index is 440. The second-order valence-corrected chi connectivity index (χ2v) is 3.56. The molecule has 0 bridgehead atoms. The average Bonchev–Trinajstić information content (AvgIpc) is 2.62. The molecule has 0 aliphatic rings. The van der Waals surface area contributed by atoms with Gasteiger partial charge in [0.1, 0.15) is 0 Å². The van der Waals surface area contributed by atoms with Gasteiger partial charge in [-0.1, -0.05) is 45.0 Å². The number of aromatic nitrogens is 2. The quantitative estimate of drug-likeness (QED) is 0.684. The molecule has 0 aliphatic heterocycles. The number of hydrogen-bond donors (Lipinski definition) is 0. The summed E-state index contributed by atoms with van der Waals surface area (Å²) in [6.45, 7) is 10.0. The SMILES string of the molecule is C=C(C)n1ncc2ccccc21.CCC. The van der Waals surface area contributed by atoms with Gasteiger partial charge in [-0.15, -0.1) is 0 Å². The van der Waals surface area contributed by atoms with E-state index in [1.165, 1.54) is 6.42 Å². The van der Waals surface area contributed by atoms with Crippen molar-refractivity contribution in [2.24, 2.45) is 0 Å². The topological polar surface area (TPSA) is 17.8 Å². The van der Waals surface area contributed by atoms with Gasteiger partial charge in [0, 0.05) is 11.1 Å². The Kier molecular flexibility index (Phi) is 4.10. The second kappa shape index (κ2) is 5.35. The van der Waals surface area contributed by atoms with E-state index in [2.05, 4.69) is 25.5 Å². The van der Waals surface area contributed by atoms with Crippen LogP contribution in [-0.4, -0.2) is 9.78 Å². The minimum Gasteiger partial charge on any atom is -0.238 e. The molecule has 15 heavy (non-hydrogen) atoms. The maximum Gasteiger partial charge on any atom is 0.0736 e. The lowest BCUT2D eigenvalue weighted by Crippen LogP contribution is -1.92. The number of fused-ring (bicyclic) bond motifs is 1. The number of allylic oxidation sites excluding steroid dienone is 1. The van der Waals surface area contributed by atoms with Crippen molar-refractivity contribution in [3.63, 3.8) is 0 Å². The minimum absolute atomic E-state index is 0.941. The molecule has 2 rings (SSSR count). The van der Waals surface area contributed by atoms with Gasteiger partial charge in [0.25, 0.3) is 0 Å². The van der Waals surface area contributed by atoms with Crippen molar-refractivity contribution in [1.29, 1.82) is 0 Å². The molecule has 0 saturated carbocycles. The van der Waals surface area contributed by atoms with E-state index in [1.54, 1.807) is 0 Å². The van der Waals surface area contributed by atoms with E-state index in [-0.39, 0.29) is 0 Å². The lowest BCUT2D eigenvalue weighted by molar-refractivity contribution is 0.928. The Hall–Kier alpha value is -1.57. The molecule has 0 saturated heterocycles. The number of benzene rings is 1. The van der Waals surface area contributed by atoms with Gasteiger partial charge >= 0.3 is 0 Å². The molecule has 2 heteroatoms. The predicted molar refractivity (Wildman–Crippen MR) is 66.7 cm³/mol. The molecule has 80 valence electrons. The first-order valence-electron chi connectivity index (χ1n) is 5.29. The smallest absolute Gasteiger partial charge is 0.0736 e. The molecule has 0 spiro atoms. The largest absolute Gasteiger partial charge is 0.238 e. The van der Waals surface area contributed by atoms with Gasteiger partial charge in [-0.05, 0) is 13.0 Å². The van der Waals surface area contributed by atoms with E-state index in [0.717, 1.165) is 16.6 Å². The van der Waals surface area contributed by atoms with E-state index < -0.39 is 0 Å². The molecule has 0 aliphatic carbocycles. The summed E-state index contributed by atoms with van der Waals surface area (Å²) in [6.07, 6.45) is 3.10. The van der Waals surface area contributed by atoms with Gasteiger partial charge in [-0.2, -0.15) is 5.10 Å². The molecule has 0 unspecified atom stereocenters. The van der Waals surface area contributed by atoms with Crippen molar-refractivity contribution in [1.82, 2.24) is 9.78 Å². The summed E-state index contributed by atoms with van der Waals surface area (Å²) in [6, 6.07) is 8.09. The number of nitrogens with zero attached hydrogens (tertiary/aromatic N) is 2. The van der Waals surface area contributed by atoms with E-state index in [1.807, 2.05) is 42.1 Å². The summed E-state index contributed by atoms with van der Waals surface area (Å²) in [5.41, 5.74) is 2.06. The van der Waals surface area contributed by atoms with E-state index in [4.69, 9.17) is 0 Å². The summed E-state index contributed by atoms with van der Waals surface area (Å²) < 4.78 is 1.84. The number of rotatable bonds is 1. The predicted octanol–water partition coefficient (Wildman–Crippen LogP) is 3.94.